The highest BCUT2D eigenvalue weighted by atomic mass is 79.9. The van der Waals surface area contributed by atoms with Crippen LogP contribution < -0.4 is 5.32 Å². The van der Waals surface area contributed by atoms with Gasteiger partial charge in [0, 0.05) is 12.7 Å². The van der Waals surface area contributed by atoms with Crippen molar-refractivity contribution in [3.05, 3.63) is 27.0 Å². The Kier molecular flexibility index (Phi) is 4.70. The van der Waals surface area contributed by atoms with E-state index in [1.54, 1.807) is 0 Å². The highest BCUT2D eigenvalue weighted by molar-refractivity contribution is 9.10. The summed E-state index contributed by atoms with van der Waals surface area (Å²) in [6.45, 7) is -0.499. The fraction of sp³-hybridized carbons (Fsp3) is 0.375. The number of alkyl halides is 2. The highest BCUT2D eigenvalue weighted by Crippen LogP contribution is 2.30. The van der Waals surface area contributed by atoms with Crippen LogP contribution in [0.1, 0.15) is 0 Å². The summed E-state index contributed by atoms with van der Waals surface area (Å²) < 4.78 is 24.3. The Morgan fingerprint density at radius 3 is 2.76 bits per heavy atom. The van der Waals surface area contributed by atoms with Crippen molar-refractivity contribution in [3.63, 3.8) is 0 Å². The molecule has 1 unspecified atom stereocenters. The third-order valence-electron chi connectivity index (χ3n) is 1.86. The van der Waals surface area contributed by atoms with E-state index in [0.717, 1.165) is 6.20 Å². The Bertz CT molecular complexity index is 419. The number of hydrogen-bond acceptors (Lipinski definition) is 5. The predicted octanol–water partition coefficient (Wildman–Crippen LogP) is 1.79. The molecule has 1 rings (SSSR count). The number of hydrogen-bond donors (Lipinski definition) is 2. The van der Waals surface area contributed by atoms with Crippen molar-refractivity contribution in [3.8, 4) is 0 Å². The van der Waals surface area contributed by atoms with Gasteiger partial charge >= 0.3 is 5.69 Å². The maximum absolute atomic E-state index is 12.0. The second-order valence-electron chi connectivity index (χ2n) is 3.06. The zero-order valence-electron chi connectivity index (χ0n) is 8.31. The number of nitrogens with one attached hydrogen (secondary N) is 1. The zero-order valence-corrected chi connectivity index (χ0v) is 9.89. The van der Waals surface area contributed by atoms with E-state index in [0.29, 0.717) is 0 Å². The minimum absolute atomic E-state index is 0.00435. The molecule has 0 amide bonds. The molecule has 0 saturated heterocycles. The van der Waals surface area contributed by atoms with Crippen LogP contribution in [0.5, 0.6) is 0 Å². The van der Waals surface area contributed by atoms with Crippen molar-refractivity contribution in [1.29, 1.82) is 0 Å². The number of aliphatic hydroxyl groups excluding tert-OH is 1. The van der Waals surface area contributed by atoms with E-state index in [1.807, 2.05) is 0 Å². The first-order valence-electron chi connectivity index (χ1n) is 4.41. The van der Waals surface area contributed by atoms with Crippen LogP contribution in [0.3, 0.4) is 0 Å². The van der Waals surface area contributed by atoms with Gasteiger partial charge < -0.3 is 10.4 Å². The smallest absolute Gasteiger partial charge is 0.311 e. The van der Waals surface area contributed by atoms with E-state index in [-0.39, 0.29) is 15.8 Å². The molecule has 0 bridgehead atoms. The molecule has 94 valence electrons. The molecule has 17 heavy (non-hydrogen) atoms. The van der Waals surface area contributed by atoms with Crippen LogP contribution in [0.15, 0.2) is 16.9 Å². The average molecular weight is 312 g/mol. The van der Waals surface area contributed by atoms with E-state index < -0.39 is 24.0 Å². The molecule has 0 aliphatic heterocycles. The molecule has 1 aromatic rings. The molecule has 1 atom stereocenters. The number of halogens is 3. The van der Waals surface area contributed by atoms with Crippen LogP contribution >= 0.6 is 15.9 Å². The standard InChI is InChI=1S/C8H8BrF2N3O3/c9-4-1-12-2-5(14(16)17)7(4)13-3-6(15)8(10)11/h1-2,6,8,15H,3H2,(H,12,13). The number of pyridine rings is 1. The van der Waals surface area contributed by atoms with Crippen LogP contribution in [-0.4, -0.2) is 34.1 Å². The van der Waals surface area contributed by atoms with Crippen LogP contribution in [-0.2, 0) is 0 Å². The van der Waals surface area contributed by atoms with Crippen molar-refractivity contribution in [1.82, 2.24) is 4.98 Å². The van der Waals surface area contributed by atoms with Gasteiger partial charge in [0.25, 0.3) is 6.43 Å². The molecule has 1 aromatic heterocycles. The number of rotatable bonds is 5. The maximum atomic E-state index is 12.0. The summed E-state index contributed by atoms with van der Waals surface area (Å²) in [5, 5.41) is 21.9. The minimum Gasteiger partial charge on any atom is -0.385 e. The lowest BCUT2D eigenvalue weighted by molar-refractivity contribution is -0.384. The Balaban J connectivity index is 2.86. The van der Waals surface area contributed by atoms with Crippen molar-refractivity contribution in [2.45, 2.75) is 12.5 Å². The molecular formula is C8H8BrF2N3O3. The van der Waals surface area contributed by atoms with E-state index in [1.165, 1.54) is 6.20 Å². The van der Waals surface area contributed by atoms with Crippen molar-refractivity contribution in [2.75, 3.05) is 11.9 Å². The van der Waals surface area contributed by atoms with Gasteiger partial charge in [-0.25, -0.2) is 8.78 Å². The first kappa shape index (κ1) is 13.7. The molecule has 0 spiro atoms. The molecule has 2 N–H and O–H groups in total. The number of aliphatic hydroxyl groups is 1. The lowest BCUT2D eigenvalue weighted by Crippen LogP contribution is -2.27. The summed E-state index contributed by atoms with van der Waals surface area (Å²) in [7, 11) is 0. The fourth-order valence-corrected chi connectivity index (χ4v) is 1.50. The van der Waals surface area contributed by atoms with Gasteiger partial charge in [0.15, 0.2) is 0 Å². The zero-order chi connectivity index (χ0) is 13.0. The second kappa shape index (κ2) is 5.82. The van der Waals surface area contributed by atoms with Crippen LogP contribution in [0.25, 0.3) is 0 Å². The molecule has 0 saturated carbocycles. The topological polar surface area (TPSA) is 88.3 Å². The molecule has 0 aliphatic rings. The van der Waals surface area contributed by atoms with E-state index in [4.69, 9.17) is 5.11 Å². The normalized spacial score (nSPS) is 12.5. The van der Waals surface area contributed by atoms with E-state index in [9.17, 15) is 18.9 Å². The second-order valence-corrected chi connectivity index (χ2v) is 3.91. The predicted molar refractivity (Wildman–Crippen MR) is 59.1 cm³/mol. The molecule has 9 heteroatoms. The third kappa shape index (κ3) is 3.56. The Morgan fingerprint density at radius 1 is 1.59 bits per heavy atom. The summed E-state index contributed by atoms with van der Waals surface area (Å²) in [6.07, 6.45) is -2.54. The molecule has 6 nitrogen and oxygen atoms in total. The number of aromatic nitrogens is 1. The monoisotopic (exact) mass is 311 g/mol. The first-order chi connectivity index (χ1) is 7.93. The number of anilines is 1. The summed E-state index contributed by atoms with van der Waals surface area (Å²) in [5.41, 5.74) is -0.356. The van der Waals surface area contributed by atoms with Crippen LogP contribution in [0, 0.1) is 10.1 Å². The largest absolute Gasteiger partial charge is 0.385 e. The van der Waals surface area contributed by atoms with Gasteiger partial charge in [-0.3, -0.25) is 15.1 Å². The number of nitrogens with zero attached hydrogens (tertiary/aromatic N) is 2. The summed E-state index contributed by atoms with van der Waals surface area (Å²) in [5.74, 6) is 0. The van der Waals surface area contributed by atoms with Crippen LogP contribution in [0.4, 0.5) is 20.2 Å². The van der Waals surface area contributed by atoms with Crippen LogP contribution in [0.2, 0.25) is 0 Å². The van der Waals surface area contributed by atoms with Gasteiger partial charge in [0.2, 0.25) is 0 Å². The lowest BCUT2D eigenvalue weighted by Gasteiger charge is -2.12. The molecular weight excluding hydrogens is 304 g/mol. The van der Waals surface area contributed by atoms with E-state index >= 15 is 0 Å². The SMILES string of the molecule is O=[N+]([O-])c1cncc(Br)c1NCC(O)C(F)F. The van der Waals surface area contributed by atoms with Gasteiger partial charge in [-0.1, -0.05) is 0 Å². The van der Waals surface area contributed by atoms with Gasteiger partial charge in [-0.15, -0.1) is 0 Å². The Hall–Kier alpha value is -1.35. The Labute approximate surface area is 103 Å². The molecule has 0 radical (unpaired) electrons. The molecule has 0 aromatic carbocycles. The highest BCUT2D eigenvalue weighted by Gasteiger charge is 2.21. The van der Waals surface area contributed by atoms with Gasteiger partial charge in [0.1, 0.15) is 18.0 Å². The average Bonchev–Trinajstić information content (AvgIpc) is 2.26. The minimum atomic E-state index is -2.91. The molecule has 0 aliphatic carbocycles. The molecule has 1 heterocycles. The van der Waals surface area contributed by atoms with Crippen molar-refractivity contribution in [2.24, 2.45) is 0 Å². The summed E-state index contributed by atoms with van der Waals surface area (Å²) in [4.78, 5) is 13.5. The summed E-state index contributed by atoms with van der Waals surface area (Å²) in [6, 6.07) is 0. The quantitative estimate of drug-likeness (QED) is 0.639. The van der Waals surface area contributed by atoms with E-state index in [2.05, 4.69) is 26.2 Å². The fourth-order valence-electron chi connectivity index (χ4n) is 1.03. The third-order valence-corrected chi connectivity index (χ3v) is 2.46. The van der Waals surface area contributed by atoms with Crippen molar-refractivity contribution >= 4 is 27.3 Å². The van der Waals surface area contributed by atoms with Gasteiger partial charge in [-0.05, 0) is 15.9 Å². The summed E-state index contributed by atoms with van der Waals surface area (Å²) >= 11 is 3.00. The Morgan fingerprint density at radius 2 is 2.24 bits per heavy atom. The molecule has 0 fully saturated rings. The van der Waals surface area contributed by atoms with Gasteiger partial charge in [-0.2, -0.15) is 0 Å². The maximum Gasteiger partial charge on any atom is 0.311 e. The van der Waals surface area contributed by atoms with Gasteiger partial charge in [0.05, 0.1) is 9.40 Å². The number of nitro groups is 1. The lowest BCUT2D eigenvalue weighted by atomic mass is 10.3. The first-order valence-corrected chi connectivity index (χ1v) is 5.20. The van der Waals surface area contributed by atoms with Crippen molar-refractivity contribution < 1.29 is 18.8 Å².